The molecule has 0 aliphatic rings. The van der Waals surface area contributed by atoms with Crippen LogP contribution < -0.4 is 10.6 Å². The van der Waals surface area contributed by atoms with Crippen LogP contribution in [-0.4, -0.2) is 38.8 Å². The smallest absolute Gasteiger partial charge is 0.220 e. The van der Waals surface area contributed by atoms with Gasteiger partial charge in [0.05, 0.1) is 0 Å². The fraction of sp³-hybridized carbons (Fsp3) is 0.923. The summed E-state index contributed by atoms with van der Waals surface area (Å²) < 4.78 is 4.96. The van der Waals surface area contributed by atoms with Gasteiger partial charge in [0, 0.05) is 32.7 Å². The monoisotopic (exact) mass is 244 g/mol. The van der Waals surface area contributed by atoms with E-state index in [2.05, 4.69) is 24.5 Å². The van der Waals surface area contributed by atoms with E-state index in [1.807, 2.05) is 0 Å². The fourth-order valence-electron chi connectivity index (χ4n) is 1.50. The largest absolute Gasteiger partial charge is 0.385 e. The van der Waals surface area contributed by atoms with Gasteiger partial charge in [0.1, 0.15) is 0 Å². The van der Waals surface area contributed by atoms with Crippen molar-refractivity contribution in [2.75, 3.05) is 26.8 Å². The van der Waals surface area contributed by atoms with Crippen LogP contribution in [0.3, 0.4) is 0 Å². The van der Waals surface area contributed by atoms with Gasteiger partial charge in [-0.05, 0) is 32.2 Å². The first-order chi connectivity index (χ1) is 8.16. The Bertz CT molecular complexity index is 184. The van der Waals surface area contributed by atoms with Crippen LogP contribution in [0.5, 0.6) is 0 Å². The van der Waals surface area contributed by atoms with Crippen LogP contribution >= 0.6 is 0 Å². The molecular formula is C13H28N2O2. The van der Waals surface area contributed by atoms with E-state index in [9.17, 15) is 4.79 Å². The lowest BCUT2D eigenvalue weighted by molar-refractivity contribution is -0.121. The molecule has 2 N–H and O–H groups in total. The van der Waals surface area contributed by atoms with E-state index >= 15 is 0 Å². The van der Waals surface area contributed by atoms with Crippen molar-refractivity contribution in [3.05, 3.63) is 0 Å². The number of rotatable bonds is 11. The van der Waals surface area contributed by atoms with Gasteiger partial charge in [-0.1, -0.05) is 13.8 Å². The minimum atomic E-state index is 0.169. The molecule has 0 atom stereocenters. The fourth-order valence-corrected chi connectivity index (χ4v) is 1.50. The Morgan fingerprint density at radius 2 is 1.88 bits per heavy atom. The zero-order valence-electron chi connectivity index (χ0n) is 11.6. The zero-order valence-corrected chi connectivity index (χ0v) is 11.6. The molecule has 0 aromatic carbocycles. The average molecular weight is 244 g/mol. The van der Waals surface area contributed by atoms with Crippen molar-refractivity contribution in [1.29, 1.82) is 0 Å². The van der Waals surface area contributed by atoms with Gasteiger partial charge in [-0.25, -0.2) is 0 Å². The lowest BCUT2D eigenvalue weighted by atomic mass is 10.2. The molecule has 4 nitrogen and oxygen atoms in total. The molecule has 1 amide bonds. The van der Waals surface area contributed by atoms with Gasteiger partial charge in [0.2, 0.25) is 5.91 Å². The van der Waals surface area contributed by atoms with Crippen LogP contribution in [-0.2, 0) is 9.53 Å². The predicted octanol–water partition coefficient (Wildman–Crippen LogP) is 1.70. The molecule has 17 heavy (non-hydrogen) atoms. The third kappa shape index (κ3) is 13.3. The third-order valence-electron chi connectivity index (χ3n) is 2.48. The molecule has 0 aliphatic carbocycles. The van der Waals surface area contributed by atoms with Crippen molar-refractivity contribution in [2.24, 2.45) is 0 Å². The number of carbonyl (C=O) groups is 1. The third-order valence-corrected chi connectivity index (χ3v) is 2.48. The molecule has 0 unspecified atom stereocenters. The van der Waals surface area contributed by atoms with E-state index in [0.29, 0.717) is 12.5 Å². The molecule has 0 aromatic rings. The molecule has 4 heteroatoms. The standard InChI is InChI=1S/C13H28N2O2/c1-12(2)14-10-7-8-13(16)15-9-5-4-6-11-17-3/h12,14H,4-11H2,1-3H3,(H,15,16). The molecule has 0 spiro atoms. The second-order valence-corrected chi connectivity index (χ2v) is 4.62. The topological polar surface area (TPSA) is 50.4 Å². The number of carbonyl (C=O) groups excluding carboxylic acids is 1. The van der Waals surface area contributed by atoms with Crippen molar-refractivity contribution in [2.45, 2.75) is 52.0 Å². The number of hydrogen-bond donors (Lipinski definition) is 2. The summed E-state index contributed by atoms with van der Waals surface area (Å²) in [6.45, 7) is 6.74. The maximum absolute atomic E-state index is 11.4. The summed E-state index contributed by atoms with van der Waals surface area (Å²) in [5.41, 5.74) is 0. The van der Waals surface area contributed by atoms with Gasteiger partial charge in [-0.15, -0.1) is 0 Å². The van der Waals surface area contributed by atoms with Crippen LogP contribution in [0.15, 0.2) is 0 Å². The summed E-state index contributed by atoms with van der Waals surface area (Å²) in [6, 6.07) is 0.499. The Labute approximate surface area is 105 Å². The molecule has 0 aromatic heterocycles. The first-order valence-electron chi connectivity index (χ1n) is 6.66. The van der Waals surface area contributed by atoms with E-state index in [-0.39, 0.29) is 5.91 Å². The highest BCUT2D eigenvalue weighted by Crippen LogP contribution is 1.94. The Morgan fingerprint density at radius 1 is 1.12 bits per heavy atom. The molecular weight excluding hydrogens is 216 g/mol. The summed E-state index contributed by atoms with van der Waals surface area (Å²) in [7, 11) is 1.72. The summed E-state index contributed by atoms with van der Waals surface area (Å²) in [4.78, 5) is 11.4. The van der Waals surface area contributed by atoms with Crippen LogP contribution in [0.2, 0.25) is 0 Å². The minimum Gasteiger partial charge on any atom is -0.385 e. The van der Waals surface area contributed by atoms with Crippen molar-refractivity contribution in [1.82, 2.24) is 10.6 Å². The van der Waals surface area contributed by atoms with Crippen LogP contribution in [0.4, 0.5) is 0 Å². The highest BCUT2D eigenvalue weighted by atomic mass is 16.5. The van der Waals surface area contributed by atoms with Crippen molar-refractivity contribution >= 4 is 5.91 Å². The Balaban J connectivity index is 3.18. The van der Waals surface area contributed by atoms with Gasteiger partial charge in [0.25, 0.3) is 0 Å². The molecule has 0 saturated carbocycles. The second kappa shape index (κ2) is 11.9. The lowest BCUT2D eigenvalue weighted by Gasteiger charge is -2.08. The van der Waals surface area contributed by atoms with Crippen molar-refractivity contribution < 1.29 is 9.53 Å². The van der Waals surface area contributed by atoms with Crippen LogP contribution in [0.1, 0.15) is 46.0 Å². The summed E-state index contributed by atoms with van der Waals surface area (Å²) in [6.07, 6.45) is 4.76. The lowest BCUT2D eigenvalue weighted by Crippen LogP contribution is -2.27. The van der Waals surface area contributed by atoms with Gasteiger partial charge in [0.15, 0.2) is 0 Å². The number of hydrogen-bond acceptors (Lipinski definition) is 3. The van der Waals surface area contributed by atoms with E-state index in [4.69, 9.17) is 4.74 Å². The molecule has 0 aliphatic heterocycles. The number of unbranched alkanes of at least 4 members (excludes halogenated alkanes) is 2. The number of nitrogens with one attached hydrogen (secondary N) is 2. The predicted molar refractivity (Wildman–Crippen MR) is 71.1 cm³/mol. The molecule has 102 valence electrons. The van der Waals surface area contributed by atoms with Crippen LogP contribution in [0, 0.1) is 0 Å². The van der Waals surface area contributed by atoms with Gasteiger partial charge in [-0.3, -0.25) is 4.79 Å². The maximum atomic E-state index is 11.4. The van der Waals surface area contributed by atoms with E-state index in [0.717, 1.165) is 45.4 Å². The zero-order chi connectivity index (χ0) is 12.9. The van der Waals surface area contributed by atoms with E-state index in [1.54, 1.807) is 7.11 Å². The summed E-state index contributed by atoms with van der Waals surface area (Å²) in [5, 5.41) is 6.24. The molecule has 0 radical (unpaired) electrons. The highest BCUT2D eigenvalue weighted by Gasteiger charge is 2.00. The summed E-state index contributed by atoms with van der Waals surface area (Å²) in [5.74, 6) is 0.169. The maximum Gasteiger partial charge on any atom is 0.220 e. The normalized spacial score (nSPS) is 10.8. The Kier molecular flexibility index (Phi) is 11.4. The molecule has 0 heterocycles. The van der Waals surface area contributed by atoms with Gasteiger partial charge < -0.3 is 15.4 Å². The quantitative estimate of drug-likeness (QED) is 0.544. The summed E-state index contributed by atoms with van der Waals surface area (Å²) >= 11 is 0. The number of amides is 1. The van der Waals surface area contributed by atoms with Crippen molar-refractivity contribution in [3.63, 3.8) is 0 Å². The Hall–Kier alpha value is -0.610. The van der Waals surface area contributed by atoms with E-state index < -0.39 is 0 Å². The SMILES string of the molecule is COCCCCCNC(=O)CCCNC(C)C. The number of ether oxygens (including phenoxy) is 1. The first-order valence-corrected chi connectivity index (χ1v) is 6.66. The highest BCUT2D eigenvalue weighted by molar-refractivity contribution is 5.75. The Morgan fingerprint density at radius 3 is 2.53 bits per heavy atom. The van der Waals surface area contributed by atoms with Gasteiger partial charge >= 0.3 is 0 Å². The van der Waals surface area contributed by atoms with E-state index in [1.165, 1.54) is 0 Å². The second-order valence-electron chi connectivity index (χ2n) is 4.62. The first kappa shape index (κ1) is 16.4. The molecule has 0 bridgehead atoms. The molecule has 0 saturated heterocycles. The van der Waals surface area contributed by atoms with Gasteiger partial charge in [-0.2, -0.15) is 0 Å². The molecule has 0 fully saturated rings. The number of methoxy groups -OCH3 is 1. The van der Waals surface area contributed by atoms with Crippen molar-refractivity contribution in [3.8, 4) is 0 Å². The molecule has 0 rings (SSSR count). The average Bonchev–Trinajstić information content (AvgIpc) is 2.29. The minimum absolute atomic E-state index is 0.169. The van der Waals surface area contributed by atoms with Crippen LogP contribution in [0.25, 0.3) is 0 Å².